The Morgan fingerprint density at radius 3 is 2.85 bits per heavy atom. The van der Waals surface area contributed by atoms with Crippen molar-refractivity contribution in [1.29, 1.82) is 0 Å². The number of benzene rings is 1. The Bertz CT molecular complexity index is 761. The summed E-state index contributed by atoms with van der Waals surface area (Å²) in [7, 11) is 0. The van der Waals surface area contributed by atoms with Gasteiger partial charge in [-0.25, -0.2) is 4.98 Å². The third-order valence-corrected chi connectivity index (χ3v) is 3.21. The molecule has 0 spiro atoms. The van der Waals surface area contributed by atoms with E-state index in [0.29, 0.717) is 28.7 Å². The van der Waals surface area contributed by atoms with Crippen molar-refractivity contribution in [2.45, 2.75) is 6.54 Å². The highest BCUT2D eigenvalue weighted by molar-refractivity contribution is 6.35. The molecule has 0 saturated carbocycles. The van der Waals surface area contributed by atoms with Crippen molar-refractivity contribution in [3.05, 3.63) is 59.4 Å². The van der Waals surface area contributed by atoms with Crippen LogP contribution in [0.3, 0.4) is 0 Å². The molecule has 5 heteroatoms. The van der Waals surface area contributed by atoms with Gasteiger partial charge in [-0.3, -0.25) is 4.98 Å². The van der Waals surface area contributed by atoms with Gasteiger partial charge in [-0.2, -0.15) is 0 Å². The molecular weight excluding hydrogens is 274 g/mol. The molecule has 0 atom stereocenters. The fourth-order valence-electron chi connectivity index (χ4n) is 1.94. The van der Waals surface area contributed by atoms with E-state index in [1.54, 1.807) is 24.4 Å². The van der Waals surface area contributed by atoms with Crippen LogP contribution >= 0.6 is 11.6 Å². The summed E-state index contributed by atoms with van der Waals surface area (Å²) in [5.74, 6) is 1.11. The number of rotatable bonds is 3. The molecule has 0 unspecified atom stereocenters. The minimum atomic E-state index is 0.372. The molecule has 0 aliphatic carbocycles. The van der Waals surface area contributed by atoms with Gasteiger partial charge in [0.25, 0.3) is 0 Å². The average Bonchev–Trinajstić information content (AvgIpc) is 2.51. The largest absolute Gasteiger partial charge is 0.437 e. The maximum absolute atomic E-state index is 6.15. The van der Waals surface area contributed by atoms with Crippen molar-refractivity contribution < 1.29 is 4.74 Å². The third-order valence-electron chi connectivity index (χ3n) is 2.88. The Morgan fingerprint density at radius 1 is 1.10 bits per heavy atom. The number of nitrogens with zero attached hydrogens (tertiary/aromatic N) is 2. The molecule has 1 aromatic carbocycles. The van der Waals surface area contributed by atoms with Crippen LogP contribution in [0.5, 0.6) is 11.6 Å². The van der Waals surface area contributed by atoms with E-state index >= 15 is 0 Å². The van der Waals surface area contributed by atoms with Crippen LogP contribution in [0.15, 0.2) is 48.7 Å². The van der Waals surface area contributed by atoms with E-state index in [2.05, 4.69) is 9.97 Å². The lowest BCUT2D eigenvalue weighted by molar-refractivity contribution is 0.465. The number of nitrogens with two attached hydrogens (primary N) is 1. The van der Waals surface area contributed by atoms with Gasteiger partial charge in [0.2, 0.25) is 5.88 Å². The molecule has 0 radical (unpaired) electrons. The van der Waals surface area contributed by atoms with Crippen LogP contribution < -0.4 is 10.5 Å². The molecule has 2 N–H and O–H groups in total. The number of hydrogen-bond donors (Lipinski definition) is 1. The Hall–Kier alpha value is -2.17. The molecular formula is C15H12ClN3O. The fraction of sp³-hybridized carbons (Fsp3) is 0.0667. The van der Waals surface area contributed by atoms with Crippen molar-refractivity contribution in [3.63, 3.8) is 0 Å². The summed E-state index contributed by atoms with van der Waals surface area (Å²) < 4.78 is 5.80. The first-order valence-electron chi connectivity index (χ1n) is 6.15. The van der Waals surface area contributed by atoms with Crippen LogP contribution in [0.4, 0.5) is 0 Å². The van der Waals surface area contributed by atoms with Crippen LogP contribution in [0.1, 0.15) is 5.69 Å². The zero-order chi connectivity index (χ0) is 13.9. The van der Waals surface area contributed by atoms with Crippen molar-refractivity contribution in [1.82, 2.24) is 9.97 Å². The summed E-state index contributed by atoms with van der Waals surface area (Å²) in [6.45, 7) is 0.372. The van der Waals surface area contributed by atoms with Crippen molar-refractivity contribution >= 4 is 22.5 Å². The smallest absolute Gasteiger partial charge is 0.219 e. The van der Waals surface area contributed by atoms with Crippen molar-refractivity contribution in [3.8, 4) is 11.6 Å². The summed E-state index contributed by atoms with van der Waals surface area (Å²) in [6, 6.07) is 12.8. The number of fused-ring (bicyclic) bond motifs is 1. The average molecular weight is 286 g/mol. The van der Waals surface area contributed by atoms with E-state index in [9.17, 15) is 0 Å². The van der Waals surface area contributed by atoms with Gasteiger partial charge < -0.3 is 10.5 Å². The highest BCUT2D eigenvalue weighted by atomic mass is 35.5. The molecule has 0 bridgehead atoms. The molecule has 0 saturated heterocycles. The van der Waals surface area contributed by atoms with E-state index < -0.39 is 0 Å². The van der Waals surface area contributed by atoms with E-state index in [1.165, 1.54) is 0 Å². The highest BCUT2D eigenvalue weighted by Gasteiger charge is 2.08. The normalized spacial score (nSPS) is 10.7. The minimum absolute atomic E-state index is 0.372. The number of pyridine rings is 2. The summed E-state index contributed by atoms with van der Waals surface area (Å²) in [5.41, 5.74) is 7.05. The topological polar surface area (TPSA) is 61.0 Å². The first-order valence-corrected chi connectivity index (χ1v) is 6.53. The van der Waals surface area contributed by atoms with Gasteiger partial charge in [-0.1, -0.05) is 17.7 Å². The van der Waals surface area contributed by atoms with E-state index in [4.69, 9.17) is 22.1 Å². The lowest BCUT2D eigenvalue weighted by atomic mass is 10.2. The zero-order valence-corrected chi connectivity index (χ0v) is 11.3. The first kappa shape index (κ1) is 12.8. The van der Waals surface area contributed by atoms with Crippen LogP contribution in [0.2, 0.25) is 5.02 Å². The molecule has 0 fully saturated rings. The third kappa shape index (κ3) is 2.43. The predicted molar refractivity (Wildman–Crippen MR) is 79.0 cm³/mol. The van der Waals surface area contributed by atoms with Gasteiger partial charge in [0.15, 0.2) is 5.75 Å². The Labute approximate surface area is 121 Å². The van der Waals surface area contributed by atoms with Gasteiger partial charge in [0.1, 0.15) is 5.52 Å². The molecule has 0 amide bonds. The van der Waals surface area contributed by atoms with Crippen LogP contribution in [-0.2, 0) is 6.54 Å². The molecule has 2 aromatic heterocycles. The SMILES string of the molecule is NCc1cccc(Oc2ccc(Cl)c3cccnc23)n1. The molecule has 2 heterocycles. The molecule has 100 valence electrons. The highest BCUT2D eigenvalue weighted by Crippen LogP contribution is 2.32. The first-order chi connectivity index (χ1) is 9.78. The lowest BCUT2D eigenvalue weighted by Crippen LogP contribution is -2.00. The Morgan fingerprint density at radius 2 is 2.00 bits per heavy atom. The second kappa shape index (κ2) is 5.45. The number of hydrogen-bond acceptors (Lipinski definition) is 4. The molecule has 20 heavy (non-hydrogen) atoms. The Balaban J connectivity index is 2.04. The van der Waals surface area contributed by atoms with E-state index in [0.717, 1.165) is 11.1 Å². The van der Waals surface area contributed by atoms with Crippen LogP contribution in [-0.4, -0.2) is 9.97 Å². The lowest BCUT2D eigenvalue weighted by Gasteiger charge is -2.09. The molecule has 3 rings (SSSR count). The molecule has 0 aliphatic rings. The fourth-order valence-corrected chi connectivity index (χ4v) is 2.15. The van der Waals surface area contributed by atoms with Gasteiger partial charge in [-0.05, 0) is 30.3 Å². The van der Waals surface area contributed by atoms with Crippen LogP contribution in [0, 0.1) is 0 Å². The summed E-state index contributed by atoms with van der Waals surface area (Å²) in [4.78, 5) is 8.63. The summed E-state index contributed by atoms with van der Waals surface area (Å²) in [6.07, 6.45) is 1.70. The van der Waals surface area contributed by atoms with E-state index in [1.807, 2.05) is 24.3 Å². The number of halogens is 1. The van der Waals surface area contributed by atoms with Gasteiger partial charge in [0.05, 0.1) is 10.7 Å². The van der Waals surface area contributed by atoms with Crippen molar-refractivity contribution in [2.24, 2.45) is 5.73 Å². The Kier molecular flexibility index (Phi) is 3.50. The quantitative estimate of drug-likeness (QED) is 0.799. The zero-order valence-electron chi connectivity index (χ0n) is 10.6. The molecule has 3 aromatic rings. The second-order valence-electron chi connectivity index (χ2n) is 4.22. The van der Waals surface area contributed by atoms with Gasteiger partial charge in [0, 0.05) is 24.2 Å². The van der Waals surface area contributed by atoms with Gasteiger partial charge >= 0.3 is 0 Å². The molecule has 4 nitrogen and oxygen atoms in total. The summed E-state index contributed by atoms with van der Waals surface area (Å²) in [5, 5.41) is 1.49. The number of ether oxygens (including phenoxy) is 1. The van der Waals surface area contributed by atoms with Gasteiger partial charge in [-0.15, -0.1) is 0 Å². The monoisotopic (exact) mass is 285 g/mol. The molecule has 0 aliphatic heterocycles. The maximum Gasteiger partial charge on any atom is 0.219 e. The summed E-state index contributed by atoms with van der Waals surface area (Å²) >= 11 is 6.15. The van der Waals surface area contributed by atoms with E-state index in [-0.39, 0.29) is 0 Å². The van der Waals surface area contributed by atoms with Crippen molar-refractivity contribution in [2.75, 3.05) is 0 Å². The maximum atomic E-state index is 6.15. The standard InChI is InChI=1S/C15H12ClN3O/c16-12-6-7-13(15-11(12)4-2-8-18-15)20-14-5-1-3-10(9-17)19-14/h1-8H,9,17H2. The van der Waals surface area contributed by atoms with Crippen LogP contribution in [0.25, 0.3) is 10.9 Å². The number of aromatic nitrogens is 2. The second-order valence-corrected chi connectivity index (χ2v) is 4.63. The minimum Gasteiger partial charge on any atom is -0.437 e. The predicted octanol–water partition coefficient (Wildman–Crippen LogP) is 3.53.